The smallest absolute Gasteiger partial charge is 0.437 e. The van der Waals surface area contributed by atoms with E-state index in [1.807, 2.05) is 0 Å². The number of rotatable bonds is 1. The van der Waals surface area contributed by atoms with Crippen molar-refractivity contribution in [3.05, 3.63) is 17.2 Å². The summed E-state index contributed by atoms with van der Waals surface area (Å²) < 4.78 is 77.7. The maximum absolute atomic E-state index is 12.3. The van der Waals surface area contributed by atoms with Crippen LogP contribution in [0.25, 0.3) is 0 Å². The van der Waals surface area contributed by atoms with E-state index >= 15 is 0 Å². The van der Waals surface area contributed by atoms with E-state index in [1.165, 1.54) is 0 Å². The molecule has 0 aliphatic carbocycles. The lowest BCUT2D eigenvalue weighted by molar-refractivity contribution is -0.168. The minimum absolute atomic E-state index is 0.802. The molecule has 1 heterocycles. The van der Waals surface area contributed by atoms with E-state index in [9.17, 15) is 31.1 Å². The molecule has 0 bridgehead atoms. The predicted molar refractivity (Wildman–Crippen MR) is 41.2 cm³/mol. The monoisotopic (exact) mass is 275 g/mol. The van der Waals surface area contributed by atoms with Crippen molar-refractivity contribution in [1.82, 2.24) is 15.2 Å². The summed E-state index contributed by atoms with van der Waals surface area (Å²) in [5.41, 5.74) is -4.66. The highest BCUT2D eigenvalue weighted by molar-refractivity contribution is 5.84. The first kappa shape index (κ1) is 14.1. The number of hydrogen-bond donors (Lipinski definition) is 0. The quantitative estimate of drug-likeness (QED) is 0.576. The number of hydrogen-bond acceptors (Lipinski definition) is 5. The first-order valence-corrected chi connectivity index (χ1v) is 4.04. The molecule has 1 aromatic rings. The average Bonchev–Trinajstić information content (AvgIpc) is 2.24. The minimum Gasteiger partial charge on any atom is -0.463 e. The van der Waals surface area contributed by atoms with Gasteiger partial charge in [0.05, 0.1) is 7.11 Å². The summed E-state index contributed by atoms with van der Waals surface area (Å²) in [5, 5.41) is 4.96. The number of nitrogens with zero attached hydrogens (tertiary/aromatic N) is 3. The summed E-state index contributed by atoms with van der Waals surface area (Å²) >= 11 is 0. The van der Waals surface area contributed by atoms with Crippen LogP contribution in [0, 0.1) is 0 Å². The van der Waals surface area contributed by atoms with Gasteiger partial charge >= 0.3 is 18.3 Å². The maximum Gasteiger partial charge on any atom is 0.437 e. The molecule has 0 unspecified atom stereocenters. The largest absolute Gasteiger partial charge is 0.463 e. The third kappa shape index (κ3) is 2.84. The van der Waals surface area contributed by atoms with Gasteiger partial charge in [0.25, 0.3) is 5.82 Å². The van der Waals surface area contributed by atoms with Crippen molar-refractivity contribution in [2.75, 3.05) is 7.11 Å². The molecule has 5 nitrogen and oxygen atoms in total. The molecular weight excluding hydrogens is 272 g/mol. The first-order chi connectivity index (χ1) is 8.07. The molecular formula is C7H3F6N3O2. The van der Waals surface area contributed by atoms with Crippen LogP contribution in [0.4, 0.5) is 26.3 Å². The number of ether oxygens (including phenoxy) is 1. The topological polar surface area (TPSA) is 65.0 Å². The van der Waals surface area contributed by atoms with E-state index < -0.39 is 35.5 Å². The maximum atomic E-state index is 12.3. The molecule has 11 heteroatoms. The molecule has 0 saturated heterocycles. The molecule has 0 amide bonds. The SMILES string of the molecule is COC(=O)c1nnc(C(F)(F)F)c(C(F)(F)F)n1. The molecule has 0 atom stereocenters. The molecule has 100 valence electrons. The summed E-state index contributed by atoms with van der Waals surface area (Å²) in [4.78, 5) is 13.3. The lowest BCUT2D eigenvalue weighted by atomic mass is 10.3. The first-order valence-electron chi connectivity index (χ1n) is 4.04. The fourth-order valence-electron chi connectivity index (χ4n) is 0.892. The summed E-state index contributed by atoms with van der Waals surface area (Å²) in [6.07, 6.45) is -10.8. The van der Waals surface area contributed by atoms with Crippen LogP contribution < -0.4 is 0 Å². The predicted octanol–water partition coefficient (Wildman–Crippen LogP) is 1.70. The van der Waals surface area contributed by atoms with Gasteiger partial charge in [-0.2, -0.15) is 26.3 Å². The van der Waals surface area contributed by atoms with Crippen LogP contribution in [0.15, 0.2) is 0 Å². The van der Waals surface area contributed by atoms with Gasteiger partial charge < -0.3 is 4.74 Å². The number of aromatic nitrogens is 3. The van der Waals surface area contributed by atoms with Gasteiger partial charge in [-0.3, -0.25) is 0 Å². The number of alkyl halides is 6. The van der Waals surface area contributed by atoms with E-state index in [4.69, 9.17) is 0 Å². The van der Waals surface area contributed by atoms with Crippen LogP contribution in [-0.4, -0.2) is 28.3 Å². The van der Waals surface area contributed by atoms with Crippen molar-refractivity contribution >= 4 is 5.97 Å². The lowest BCUT2D eigenvalue weighted by Gasteiger charge is -2.12. The molecule has 0 aliphatic rings. The molecule has 1 rings (SSSR count). The molecule has 0 aromatic carbocycles. The molecule has 0 aliphatic heterocycles. The number of carbonyl (C=O) groups is 1. The van der Waals surface area contributed by atoms with Gasteiger partial charge in [0, 0.05) is 0 Å². The fraction of sp³-hybridized carbons (Fsp3) is 0.429. The van der Waals surface area contributed by atoms with Crippen LogP contribution >= 0.6 is 0 Å². The van der Waals surface area contributed by atoms with E-state index in [-0.39, 0.29) is 0 Å². The Morgan fingerprint density at radius 2 is 1.50 bits per heavy atom. The summed E-state index contributed by atoms with van der Waals surface area (Å²) in [6, 6.07) is 0. The van der Waals surface area contributed by atoms with Gasteiger partial charge in [-0.25, -0.2) is 9.78 Å². The van der Waals surface area contributed by atoms with Crippen LogP contribution in [0.5, 0.6) is 0 Å². The van der Waals surface area contributed by atoms with Crippen molar-refractivity contribution in [2.24, 2.45) is 0 Å². The Hall–Kier alpha value is -1.94. The summed E-state index contributed by atoms with van der Waals surface area (Å²) in [7, 11) is 0.802. The van der Waals surface area contributed by atoms with Gasteiger partial charge in [0.1, 0.15) is 0 Å². The standard InChI is InChI=1S/C7H3F6N3O2/c1-18-5(17)4-14-2(6(8,9)10)3(15-16-4)7(11,12)13/h1H3. The highest BCUT2D eigenvalue weighted by Crippen LogP contribution is 2.37. The second-order valence-corrected chi connectivity index (χ2v) is 2.82. The Labute approximate surface area is 94.8 Å². The Balaban J connectivity index is 3.45. The van der Waals surface area contributed by atoms with E-state index in [2.05, 4.69) is 19.9 Å². The highest BCUT2D eigenvalue weighted by Gasteiger charge is 2.47. The Kier molecular flexibility index (Phi) is 3.44. The van der Waals surface area contributed by atoms with E-state index in [0.29, 0.717) is 0 Å². The molecule has 0 fully saturated rings. The van der Waals surface area contributed by atoms with Crippen LogP contribution in [0.3, 0.4) is 0 Å². The van der Waals surface area contributed by atoms with E-state index in [1.54, 1.807) is 0 Å². The zero-order valence-electron chi connectivity index (χ0n) is 8.43. The van der Waals surface area contributed by atoms with Crippen molar-refractivity contribution in [1.29, 1.82) is 0 Å². The van der Waals surface area contributed by atoms with Crippen molar-refractivity contribution in [3.63, 3.8) is 0 Å². The van der Waals surface area contributed by atoms with Crippen LogP contribution in [0.1, 0.15) is 22.0 Å². The molecule has 18 heavy (non-hydrogen) atoms. The summed E-state index contributed by atoms with van der Waals surface area (Å²) in [5.74, 6) is -2.64. The molecule has 0 spiro atoms. The Bertz CT molecular complexity index is 469. The fourth-order valence-corrected chi connectivity index (χ4v) is 0.892. The molecule has 1 aromatic heterocycles. The summed E-state index contributed by atoms with van der Waals surface area (Å²) in [6.45, 7) is 0. The Morgan fingerprint density at radius 1 is 1.00 bits per heavy atom. The van der Waals surface area contributed by atoms with Gasteiger partial charge in [-0.1, -0.05) is 0 Å². The minimum atomic E-state index is -5.43. The van der Waals surface area contributed by atoms with Gasteiger partial charge in [0.15, 0.2) is 11.4 Å². The van der Waals surface area contributed by atoms with Crippen LogP contribution in [0.2, 0.25) is 0 Å². The third-order valence-corrected chi connectivity index (χ3v) is 1.59. The molecule has 0 N–H and O–H groups in total. The third-order valence-electron chi connectivity index (χ3n) is 1.59. The van der Waals surface area contributed by atoms with Crippen molar-refractivity contribution < 1.29 is 35.9 Å². The molecule has 0 radical (unpaired) electrons. The Morgan fingerprint density at radius 3 is 1.89 bits per heavy atom. The number of esters is 1. The second kappa shape index (κ2) is 4.38. The lowest BCUT2D eigenvalue weighted by Crippen LogP contribution is -2.24. The number of carbonyl (C=O) groups excluding carboxylic acids is 1. The zero-order valence-corrected chi connectivity index (χ0v) is 8.43. The van der Waals surface area contributed by atoms with Gasteiger partial charge in [0.2, 0.25) is 0 Å². The highest BCUT2D eigenvalue weighted by atomic mass is 19.4. The average molecular weight is 275 g/mol. The number of halogens is 6. The molecule has 0 saturated carbocycles. The van der Waals surface area contributed by atoms with Crippen molar-refractivity contribution in [2.45, 2.75) is 12.4 Å². The van der Waals surface area contributed by atoms with Gasteiger partial charge in [-0.15, -0.1) is 10.2 Å². The zero-order chi connectivity index (χ0) is 14.1. The van der Waals surface area contributed by atoms with E-state index in [0.717, 1.165) is 7.11 Å². The number of methoxy groups -OCH3 is 1. The normalized spacial score (nSPS) is 12.4. The van der Waals surface area contributed by atoms with Crippen molar-refractivity contribution in [3.8, 4) is 0 Å². The second-order valence-electron chi connectivity index (χ2n) is 2.82. The van der Waals surface area contributed by atoms with Crippen LogP contribution in [-0.2, 0) is 17.1 Å². The van der Waals surface area contributed by atoms with Gasteiger partial charge in [-0.05, 0) is 0 Å².